The maximum atomic E-state index is 12.6. The van der Waals surface area contributed by atoms with Crippen LogP contribution in [-0.4, -0.2) is 24.3 Å². The molecule has 0 aliphatic carbocycles. The third-order valence-electron chi connectivity index (χ3n) is 3.78. The number of aromatic amines is 2. The standard InChI is InChI=1S/C15H9N3O5S/c19-13-10-7-8(5-6-11(10)16-15(21)17-13)18-14(20)9-3-1-2-4-12(9)24(18,22)23/h1-7H,(H2,16,17,19,21). The van der Waals surface area contributed by atoms with E-state index >= 15 is 0 Å². The van der Waals surface area contributed by atoms with Gasteiger partial charge in [0.2, 0.25) is 0 Å². The second-order valence-electron chi connectivity index (χ2n) is 5.21. The molecule has 2 aromatic carbocycles. The molecule has 9 heteroatoms. The topological polar surface area (TPSA) is 120 Å². The zero-order chi connectivity index (χ0) is 17.1. The fourth-order valence-corrected chi connectivity index (χ4v) is 4.31. The Hall–Kier alpha value is -3.20. The number of carbonyl (C=O) groups excluding carboxylic acids is 1. The van der Waals surface area contributed by atoms with E-state index in [0.29, 0.717) is 4.31 Å². The summed E-state index contributed by atoms with van der Waals surface area (Å²) < 4.78 is 25.9. The molecule has 0 bridgehead atoms. The lowest BCUT2D eigenvalue weighted by molar-refractivity contribution is 0.101. The molecule has 3 aromatic rings. The van der Waals surface area contributed by atoms with E-state index in [9.17, 15) is 22.8 Å². The maximum Gasteiger partial charge on any atom is 0.326 e. The number of sulfonamides is 1. The van der Waals surface area contributed by atoms with Crippen molar-refractivity contribution in [2.45, 2.75) is 4.90 Å². The Morgan fingerprint density at radius 2 is 1.67 bits per heavy atom. The zero-order valence-electron chi connectivity index (χ0n) is 11.9. The van der Waals surface area contributed by atoms with Gasteiger partial charge in [0.05, 0.1) is 22.2 Å². The number of benzene rings is 2. The first-order chi connectivity index (χ1) is 11.4. The van der Waals surface area contributed by atoms with Crippen LogP contribution in [0.2, 0.25) is 0 Å². The SMILES string of the molecule is O=C1c2ccccc2S(=O)(=O)N1c1ccc2[nH]c(=O)[nH]c(=O)c2c1. The van der Waals surface area contributed by atoms with Crippen molar-refractivity contribution in [2.24, 2.45) is 0 Å². The Balaban J connectivity index is 1.98. The van der Waals surface area contributed by atoms with Gasteiger partial charge >= 0.3 is 5.69 Å². The quantitative estimate of drug-likeness (QED) is 0.669. The van der Waals surface area contributed by atoms with Crippen LogP contribution in [0.4, 0.5) is 5.69 Å². The molecule has 1 aliphatic heterocycles. The number of amides is 1. The number of hydrogen-bond acceptors (Lipinski definition) is 5. The molecule has 0 saturated heterocycles. The van der Waals surface area contributed by atoms with E-state index in [1.807, 2.05) is 0 Å². The monoisotopic (exact) mass is 343 g/mol. The van der Waals surface area contributed by atoms with Crippen molar-refractivity contribution in [1.82, 2.24) is 9.97 Å². The number of fused-ring (bicyclic) bond motifs is 2. The summed E-state index contributed by atoms with van der Waals surface area (Å²) in [4.78, 5) is 40.1. The van der Waals surface area contributed by atoms with E-state index in [-0.39, 0.29) is 27.0 Å². The van der Waals surface area contributed by atoms with Crippen molar-refractivity contribution in [3.63, 3.8) is 0 Å². The van der Waals surface area contributed by atoms with Crippen LogP contribution in [-0.2, 0) is 10.0 Å². The number of anilines is 1. The van der Waals surface area contributed by atoms with Gasteiger partial charge in [0, 0.05) is 0 Å². The fourth-order valence-electron chi connectivity index (χ4n) is 2.72. The van der Waals surface area contributed by atoms with Crippen molar-refractivity contribution in [1.29, 1.82) is 0 Å². The predicted molar refractivity (Wildman–Crippen MR) is 85.6 cm³/mol. The summed E-state index contributed by atoms with van der Waals surface area (Å²) in [5, 5.41) is 0.0751. The number of nitrogens with one attached hydrogen (secondary N) is 2. The second kappa shape index (κ2) is 4.65. The molecule has 0 spiro atoms. The molecule has 0 atom stereocenters. The largest absolute Gasteiger partial charge is 0.326 e. The summed E-state index contributed by atoms with van der Waals surface area (Å²) in [5.41, 5.74) is -0.988. The molecule has 120 valence electrons. The molecule has 1 amide bonds. The number of hydrogen-bond donors (Lipinski definition) is 2. The summed E-state index contributed by atoms with van der Waals surface area (Å²) in [6.45, 7) is 0. The van der Waals surface area contributed by atoms with Crippen molar-refractivity contribution in [3.05, 3.63) is 68.9 Å². The lowest BCUT2D eigenvalue weighted by Gasteiger charge is -2.15. The third kappa shape index (κ3) is 1.85. The van der Waals surface area contributed by atoms with Gasteiger partial charge in [0.15, 0.2) is 0 Å². The van der Waals surface area contributed by atoms with Crippen molar-refractivity contribution < 1.29 is 13.2 Å². The Labute approximate surface area is 134 Å². The number of carbonyl (C=O) groups is 1. The van der Waals surface area contributed by atoms with Gasteiger partial charge < -0.3 is 4.98 Å². The number of aromatic nitrogens is 2. The lowest BCUT2D eigenvalue weighted by Crippen LogP contribution is -2.30. The highest BCUT2D eigenvalue weighted by molar-refractivity contribution is 7.94. The first kappa shape index (κ1) is 14.4. The molecule has 1 aromatic heterocycles. The lowest BCUT2D eigenvalue weighted by atomic mass is 10.2. The van der Waals surface area contributed by atoms with Gasteiger partial charge in [0.1, 0.15) is 4.90 Å². The van der Waals surface area contributed by atoms with E-state index in [2.05, 4.69) is 9.97 Å². The average Bonchev–Trinajstić information content (AvgIpc) is 2.74. The predicted octanol–water partition coefficient (Wildman–Crippen LogP) is 0.566. The van der Waals surface area contributed by atoms with Gasteiger partial charge in [-0.2, -0.15) is 4.31 Å². The Morgan fingerprint density at radius 1 is 0.917 bits per heavy atom. The Kier molecular flexibility index (Phi) is 2.79. The van der Waals surface area contributed by atoms with Crippen LogP contribution in [0, 0.1) is 0 Å². The Morgan fingerprint density at radius 3 is 2.42 bits per heavy atom. The summed E-state index contributed by atoms with van der Waals surface area (Å²) in [5.74, 6) is -0.689. The highest BCUT2D eigenvalue weighted by atomic mass is 32.2. The van der Waals surface area contributed by atoms with Gasteiger partial charge in [-0.05, 0) is 30.3 Å². The van der Waals surface area contributed by atoms with Gasteiger partial charge in [-0.3, -0.25) is 14.6 Å². The summed E-state index contributed by atoms with van der Waals surface area (Å²) >= 11 is 0. The van der Waals surface area contributed by atoms with Crippen LogP contribution in [0.3, 0.4) is 0 Å². The van der Waals surface area contributed by atoms with E-state index in [1.54, 1.807) is 6.07 Å². The van der Waals surface area contributed by atoms with Gasteiger partial charge in [0.25, 0.3) is 21.5 Å². The molecular weight excluding hydrogens is 334 g/mol. The van der Waals surface area contributed by atoms with Crippen LogP contribution in [0.1, 0.15) is 10.4 Å². The van der Waals surface area contributed by atoms with E-state index in [0.717, 1.165) is 0 Å². The molecule has 0 radical (unpaired) electrons. The first-order valence-corrected chi connectivity index (χ1v) is 8.29. The summed E-state index contributed by atoms with van der Waals surface area (Å²) in [6, 6.07) is 9.89. The molecule has 2 heterocycles. The normalized spacial score (nSPS) is 15.7. The fraction of sp³-hybridized carbons (Fsp3) is 0. The smallest absolute Gasteiger partial charge is 0.307 e. The molecule has 4 rings (SSSR count). The Bertz CT molecular complexity index is 1240. The van der Waals surface area contributed by atoms with E-state index in [1.165, 1.54) is 36.4 Å². The van der Waals surface area contributed by atoms with Gasteiger partial charge in [-0.15, -0.1) is 0 Å². The van der Waals surface area contributed by atoms with Crippen LogP contribution in [0.15, 0.2) is 56.9 Å². The minimum absolute atomic E-state index is 0.0289. The van der Waals surface area contributed by atoms with Crippen LogP contribution in [0.25, 0.3) is 10.9 Å². The number of rotatable bonds is 1. The van der Waals surface area contributed by atoms with Gasteiger partial charge in [-0.25, -0.2) is 13.2 Å². The number of nitrogens with zero attached hydrogens (tertiary/aromatic N) is 1. The first-order valence-electron chi connectivity index (χ1n) is 6.85. The zero-order valence-corrected chi connectivity index (χ0v) is 12.8. The van der Waals surface area contributed by atoms with Gasteiger partial charge in [-0.1, -0.05) is 12.1 Å². The maximum absolute atomic E-state index is 12.6. The highest BCUT2D eigenvalue weighted by Crippen LogP contribution is 2.34. The van der Waals surface area contributed by atoms with E-state index < -0.39 is 27.2 Å². The minimum atomic E-state index is -4.04. The van der Waals surface area contributed by atoms with Crippen molar-refractivity contribution in [2.75, 3.05) is 4.31 Å². The van der Waals surface area contributed by atoms with Crippen molar-refractivity contribution in [3.8, 4) is 0 Å². The molecule has 0 unspecified atom stereocenters. The highest BCUT2D eigenvalue weighted by Gasteiger charge is 2.42. The van der Waals surface area contributed by atoms with Crippen LogP contribution >= 0.6 is 0 Å². The molecule has 2 N–H and O–H groups in total. The average molecular weight is 343 g/mol. The van der Waals surface area contributed by atoms with Crippen LogP contribution < -0.4 is 15.6 Å². The second-order valence-corrected chi connectivity index (χ2v) is 6.96. The molecule has 24 heavy (non-hydrogen) atoms. The molecular formula is C15H9N3O5S. The van der Waals surface area contributed by atoms with E-state index in [4.69, 9.17) is 0 Å². The summed E-state index contributed by atoms with van der Waals surface area (Å²) in [7, 11) is -4.04. The third-order valence-corrected chi connectivity index (χ3v) is 5.55. The molecule has 1 aliphatic rings. The molecule has 0 fully saturated rings. The van der Waals surface area contributed by atoms with Crippen LogP contribution in [0.5, 0.6) is 0 Å². The van der Waals surface area contributed by atoms with Crippen molar-refractivity contribution >= 4 is 32.5 Å². The molecule has 0 saturated carbocycles. The summed E-state index contributed by atoms with van der Waals surface area (Å²) in [6.07, 6.45) is 0. The minimum Gasteiger partial charge on any atom is -0.307 e. The molecule has 8 nitrogen and oxygen atoms in total. The number of H-pyrrole nitrogens is 2.